The van der Waals surface area contributed by atoms with Gasteiger partial charge in [0.1, 0.15) is 11.5 Å². The number of allylic oxidation sites excluding steroid dienone is 1. The van der Waals surface area contributed by atoms with E-state index in [4.69, 9.17) is 4.74 Å². The van der Waals surface area contributed by atoms with Gasteiger partial charge in [-0.15, -0.1) is 0 Å². The number of benzene rings is 2. The maximum atomic E-state index is 12.0. The van der Waals surface area contributed by atoms with Crippen LogP contribution in [0.3, 0.4) is 0 Å². The number of nitrogens with one attached hydrogen (secondary N) is 1. The molecule has 0 fully saturated rings. The maximum Gasteiger partial charge on any atom is 0.156 e. The highest BCUT2D eigenvalue weighted by molar-refractivity contribution is 6.02. The molecule has 0 bridgehead atoms. The molecule has 1 aliphatic heterocycles. The van der Waals surface area contributed by atoms with Crippen molar-refractivity contribution in [3.8, 4) is 11.5 Å². The molecule has 0 amide bonds. The Kier molecular flexibility index (Phi) is 5.61. The predicted molar refractivity (Wildman–Crippen MR) is 116 cm³/mol. The fraction of sp³-hybridized carbons (Fsp3) is 0.400. The molecule has 0 spiro atoms. The fourth-order valence-electron chi connectivity index (χ4n) is 4.54. The van der Waals surface area contributed by atoms with Gasteiger partial charge in [-0.3, -0.25) is 4.79 Å². The summed E-state index contributed by atoms with van der Waals surface area (Å²) in [5.74, 6) is 1.24. The molecule has 2 aliphatic rings. The first-order valence-electron chi connectivity index (χ1n) is 10.6. The van der Waals surface area contributed by atoms with Gasteiger partial charge in [-0.25, -0.2) is 0 Å². The van der Waals surface area contributed by atoms with Crippen molar-refractivity contribution in [2.24, 2.45) is 5.92 Å². The first-order valence-corrected chi connectivity index (χ1v) is 10.6. The lowest BCUT2D eigenvalue weighted by Crippen LogP contribution is -2.34. The van der Waals surface area contributed by atoms with E-state index < -0.39 is 0 Å². The van der Waals surface area contributed by atoms with Gasteiger partial charge < -0.3 is 15.2 Å². The van der Waals surface area contributed by atoms with Crippen molar-refractivity contribution in [1.29, 1.82) is 0 Å². The van der Waals surface area contributed by atoms with E-state index in [1.165, 1.54) is 5.56 Å². The number of ether oxygens (including phenoxy) is 1. The first kappa shape index (κ1) is 19.6. The number of anilines is 1. The number of aryl methyl sites for hydroxylation is 1. The molecule has 2 N–H and O–H groups in total. The monoisotopic (exact) mass is 391 g/mol. The number of rotatable bonds is 6. The van der Waals surface area contributed by atoms with Crippen molar-refractivity contribution >= 4 is 17.0 Å². The van der Waals surface area contributed by atoms with Gasteiger partial charge in [0.05, 0.1) is 6.10 Å². The van der Waals surface area contributed by atoms with E-state index in [2.05, 4.69) is 43.4 Å². The third-order valence-electron chi connectivity index (χ3n) is 6.04. The van der Waals surface area contributed by atoms with Gasteiger partial charge >= 0.3 is 0 Å². The summed E-state index contributed by atoms with van der Waals surface area (Å²) in [7, 11) is 0. The first-order chi connectivity index (χ1) is 14.0. The van der Waals surface area contributed by atoms with Crippen LogP contribution in [0.2, 0.25) is 0 Å². The molecule has 4 heteroatoms. The zero-order chi connectivity index (χ0) is 20.4. The minimum Gasteiger partial charge on any atom is -0.507 e. The molecule has 0 saturated heterocycles. The SMILES string of the molecule is CC1Nc2cc(O[C@H](C)CCCc3ccccc3)cc(O)c2C2=CC(=O)CC[C@H]21. The zero-order valence-electron chi connectivity index (χ0n) is 17.2. The number of hydrogen-bond acceptors (Lipinski definition) is 4. The topological polar surface area (TPSA) is 58.6 Å². The van der Waals surface area contributed by atoms with Crippen LogP contribution >= 0.6 is 0 Å². The second-order valence-electron chi connectivity index (χ2n) is 8.32. The Morgan fingerprint density at radius 2 is 2.03 bits per heavy atom. The number of fused-ring (bicyclic) bond motifs is 3. The second-order valence-corrected chi connectivity index (χ2v) is 8.32. The average molecular weight is 392 g/mol. The molecule has 0 aromatic heterocycles. The average Bonchev–Trinajstić information content (AvgIpc) is 2.68. The lowest BCUT2D eigenvalue weighted by molar-refractivity contribution is -0.115. The van der Waals surface area contributed by atoms with E-state index in [1.807, 2.05) is 12.1 Å². The minimum atomic E-state index is 0.0559. The summed E-state index contributed by atoms with van der Waals surface area (Å²) in [5.41, 5.74) is 3.91. The molecule has 1 heterocycles. The van der Waals surface area contributed by atoms with Crippen molar-refractivity contribution in [3.05, 3.63) is 59.7 Å². The molecule has 3 atom stereocenters. The number of phenolic OH excluding ortho intramolecular Hbond substituents is 1. The summed E-state index contributed by atoms with van der Waals surface area (Å²) in [6, 6.07) is 14.3. The van der Waals surface area contributed by atoms with Gasteiger partial charge in [-0.1, -0.05) is 30.3 Å². The van der Waals surface area contributed by atoms with Crippen LogP contribution in [0.5, 0.6) is 11.5 Å². The fourth-order valence-corrected chi connectivity index (χ4v) is 4.54. The van der Waals surface area contributed by atoms with Gasteiger partial charge in [0.15, 0.2) is 5.78 Å². The van der Waals surface area contributed by atoms with Gasteiger partial charge in [0.2, 0.25) is 0 Å². The molecular formula is C25H29NO3. The van der Waals surface area contributed by atoms with E-state index in [0.717, 1.165) is 42.5 Å². The zero-order valence-corrected chi connectivity index (χ0v) is 17.2. The Morgan fingerprint density at radius 3 is 2.83 bits per heavy atom. The third-order valence-corrected chi connectivity index (χ3v) is 6.04. The highest BCUT2D eigenvalue weighted by Crippen LogP contribution is 2.47. The molecule has 29 heavy (non-hydrogen) atoms. The van der Waals surface area contributed by atoms with Gasteiger partial charge in [0, 0.05) is 41.8 Å². The summed E-state index contributed by atoms with van der Waals surface area (Å²) in [4.78, 5) is 12.0. The largest absolute Gasteiger partial charge is 0.507 e. The molecular weight excluding hydrogens is 362 g/mol. The Morgan fingerprint density at radius 1 is 1.24 bits per heavy atom. The van der Waals surface area contributed by atoms with Gasteiger partial charge in [-0.05, 0) is 56.7 Å². The van der Waals surface area contributed by atoms with Crippen LogP contribution in [0.1, 0.15) is 50.7 Å². The van der Waals surface area contributed by atoms with E-state index >= 15 is 0 Å². The van der Waals surface area contributed by atoms with Crippen LogP contribution in [0.15, 0.2) is 48.5 Å². The quantitative estimate of drug-likeness (QED) is 0.696. The van der Waals surface area contributed by atoms with Crippen molar-refractivity contribution in [1.82, 2.24) is 0 Å². The number of hydrogen-bond donors (Lipinski definition) is 2. The van der Waals surface area contributed by atoms with E-state index in [1.54, 1.807) is 12.1 Å². The Bertz CT molecular complexity index is 919. The maximum absolute atomic E-state index is 12.0. The lowest BCUT2D eigenvalue weighted by Gasteiger charge is -2.37. The second kappa shape index (κ2) is 8.32. The molecule has 1 unspecified atom stereocenters. The van der Waals surface area contributed by atoms with Crippen molar-refractivity contribution < 1.29 is 14.6 Å². The van der Waals surface area contributed by atoms with Gasteiger partial charge in [-0.2, -0.15) is 0 Å². The van der Waals surface area contributed by atoms with Crippen LogP contribution in [0, 0.1) is 5.92 Å². The molecule has 152 valence electrons. The summed E-state index contributed by atoms with van der Waals surface area (Å²) < 4.78 is 6.11. The molecule has 0 radical (unpaired) electrons. The molecule has 0 saturated carbocycles. The number of carbonyl (C=O) groups is 1. The lowest BCUT2D eigenvalue weighted by atomic mass is 9.76. The van der Waals surface area contributed by atoms with Crippen molar-refractivity contribution in [2.45, 2.75) is 58.1 Å². The van der Waals surface area contributed by atoms with E-state index in [-0.39, 0.29) is 29.6 Å². The Labute approximate surface area is 172 Å². The summed E-state index contributed by atoms with van der Waals surface area (Å²) in [5, 5.41) is 14.2. The van der Waals surface area contributed by atoms with Crippen LogP contribution in [-0.4, -0.2) is 23.0 Å². The van der Waals surface area contributed by atoms with Crippen LogP contribution in [-0.2, 0) is 11.2 Å². The number of phenols is 1. The Balaban J connectivity index is 1.45. The van der Waals surface area contributed by atoms with Crippen molar-refractivity contribution in [3.63, 3.8) is 0 Å². The molecule has 4 rings (SSSR count). The van der Waals surface area contributed by atoms with Crippen molar-refractivity contribution in [2.75, 3.05) is 5.32 Å². The molecule has 2 aromatic carbocycles. The summed E-state index contributed by atoms with van der Waals surface area (Å²) in [6.45, 7) is 4.20. The number of aromatic hydroxyl groups is 1. The van der Waals surface area contributed by atoms with E-state index in [0.29, 0.717) is 12.2 Å². The summed E-state index contributed by atoms with van der Waals surface area (Å²) in [6.07, 6.45) is 6.21. The smallest absolute Gasteiger partial charge is 0.156 e. The number of ketones is 1. The summed E-state index contributed by atoms with van der Waals surface area (Å²) >= 11 is 0. The van der Waals surface area contributed by atoms with Crippen LogP contribution < -0.4 is 10.1 Å². The Hall–Kier alpha value is -2.75. The predicted octanol–water partition coefficient (Wildman–Crippen LogP) is 5.36. The third kappa shape index (κ3) is 4.31. The van der Waals surface area contributed by atoms with Crippen LogP contribution in [0.25, 0.3) is 5.57 Å². The van der Waals surface area contributed by atoms with Crippen LogP contribution in [0.4, 0.5) is 5.69 Å². The van der Waals surface area contributed by atoms with E-state index in [9.17, 15) is 9.90 Å². The minimum absolute atomic E-state index is 0.0559. The molecule has 4 nitrogen and oxygen atoms in total. The highest BCUT2D eigenvalue weighted by Gasteiger charge is 2.34. The molecule has 2 aromatic rings. The van der Waals surface area contributed by atoms with Gasteiger partial charge in [0.25, 0.3) is 0 Å². The molecule has 1 aliphatic carbocycles. The number of carbonyl (C=O) groups excluding carboxylic acids is 1. The standard InChI is InChI=1S/C25H29NO3/c1-16(7-6-10-18-8-4-3-5-9-18)29-20-14-23-25(24(28)15-20)22-13-19(27)11-12-21(22)17(2)26-23/h3-5,8-9,13-17,21,26,28H,6-7,10-12H2,1-2H3/t16-,17?,21+/m1/s1. The normalized spacial score (nSPS) is 21.4. The highest BCUT2D eigenvalue weighted by atomic mass is 16.5.